The van der Waals surface area contributed by atoms with Crippen LogP contribution >= 0.6 is 0 Å². The van der Waals surface area contributed by atoms with E-state index in [2.05, 4.69) is 48.8 Å². The SMILES string of the molecule is C=CCNC(=O)[C@@H](C)N(C)Cc1ccc(C)cc1C. The summed E-state index contributed by atoms with van der Waals surface area (Å²) in [5, 5.41) is 2.82. The van der Waals surface area contributed by atoms with E-state index in [4.69, 9.17) is 0 Å². The molecule has 0 unspecified atom stereocenters. The Morgan fingerprint density at radius 1 is 1.47 bits per heavy atom. The summed E-state index contributed by atoms with van der Waals surface area (Å²) in [6.07, 6.45) is 1.69. The molecule has 0 bridgehead atoms. The maximum atomic E-state index is 11.9. The van der Waals surface area contributed by atoms with E-state index in [1.165, 1.54) is 16.7 Å². The number of carbonyl (C=O) groups is 1. The van der Waals surface area contributed by atoms with E-state index in [1.54, 1.807) is 6.08 Å². The minimum absolute atomic E-state index is 0.0344. The van der Waals surface area contributed by atoms with Gasteiger partial charge < -0.3 is 5.32 Å². The molecule has 1 N–H and O–H groups in total. The molecule has 1 amide bonds. The highest BCUT2D eigenvalue weighted by Gasteiger charge is 2.17. The number of hydrogen-bond donors (Lipinski definition) is 1. The molecule has 1 atom stereocenters. The number of rotatable bonds is 6. The number of amides is 1. The molecule has 0 aliphatic carbocycles. The van der Waals surface area contributed by atoms with Gasteiger partial charge in [-0.3, -0.25) is 9.69 Å². The second-order valence-corrected chi connectivity index (χ2v) is 5.05. The predicted octanol–water partition coefficient (Wildman–Crippen LogP) is 2.43. The Balaban J connectivity index is 2.65. The van der Waals surface area contributed by atoms with Crippen molar-refractivity contribution < 1.29 is 4.79 Å². The molecule has 0 radical (unpaired) electrons. The van der Waals surface area contributed by atoms with Crippen LogP contribution < -0.4 is 5.32 Å². The lowest BCUT2D eigenvalue weighted by Gasteiger charge is -2.24. The number of likely N-dealkylation sites (N-methyl/N-ethyl adjacent to an activating group) is 1. The molecule has 0 saturated carbocycles. The molecule has 19 heavy (non-hydrogen) atoms. The number of carbonyl (C=O) groups excluding carboxylic acids is 1. The van der Waals surface area contributed by atoms with Gasteiger partial charge in [-0.1, -0.05) is 29.8 Å². The van der Waals surface area contributed by atoms with Crippen LogP contribution in [0.2, 0.25) is 0 Å². The number of aryl methyl sites for hydroxylation is 2. The third-order valence-corrected chi connectivity index (χ3v) is 3.38. The van der Waals surface area contributed by atoms with Crippen LogP contribution in [0.15, 0.2) is 30.9 Å². The van der Waals surface area contributed by atoms with Gasteiger partial charge in [0.1, 0.15) is 0 Å². The van der Waals surface area contributed by atoms with Crippen LogP contribution in [0.4, 0.5) is 0 Å². The third-order valence-electron chi connectivity index (χ3n) is 3.38. The smallest absolute Gasteiger partial charge is 0.237 e. The van der Waals surface area contributed by atoms with Crippen LogP contribution in [0, 0.1) is 13.8 Å². The number of benzene rings is 1. The molecule has 0 saturated heterocycles. The van der Waals surface area contributed by atoms with Gasteiger partial charge in [0.2, 0.25) is 5.91 Å². The molecule has 1 aromatic carbocycles. The molecule has 3 heteroatoms. The van der Waals surface area contributed by atoms with Crippen LogP contribution in [-0.2, 0) is 11.3 Å². The third kappa shape index (κ3) is 4.52. The van der Waals surface area contributed by atoms with Crippen molar-refractivity contribution in [2.75, 3.05) is 13.6 Å². The number of hydrogen-bond acceptors (Lipinski definition) is 2. The zero-order chi connectivity index (χ0) is 14.4. The Bertz CT molecular complexity index is 454. The second kappa shape index (κ2) is 7.10. The van der Waals surface area contributed by atoms with Crippen molar-refractivity contribution in [3.63, 3.8) is 0 Å². The van der Waals surface area contributed by atoms with Crippen molar-refractivity contribution in [3.8, 4) is 0 Å². The molecule has 3 nitrogen and oxygen atoms in total. The lowest BCUT2D eigenvalue weighted by atomic mass is 10.0. The van der Waals surface area contributed by atoms with Crippen LogP contribution in [-0.4, -0.2) is 30.4 Å². The highest BCUT2D eigenvalue weighted by Crippen LogP contribution is 2.13. The van der Waals surface area contributed by atoms with Gasteiger partial charge in [-0.05, 0) is 38.9 Å². The molecular weight excluding hydrogens is 236 g/mol. The summed E-state index contributed by atoms with van der Waals surface area (Å²) in [5.41, 5.74) is 3.79. The van der Waals surface area contributed by atoms with E-state index >= 15 is 0 Å². The van der Waals surface area contributed by atoms with Gasteiger partial charge in [0.05, 0.1) is 6.04 Å². The van der Waals surface area contributed by atoms with Crippen LogP contribution in [0.25, 0.3) is 0 Å². The largest absolute Gasteiger partial charge is 0.351 e. The summed E-state index contributed by atoms with van der Waals surface area (Å²) >= 11 is 0. The molecule has 1 rings (SSSR count). The fourth-order valence-electron chi connectivity index (χ4n) is 1.95. The average Bonchev–Trinajstić information content (AvgIpc) is 2.38. The van der Waals surface area contributed by atoms with Crippen molar-refractivity contribution in [2.45, 2.75) is 33.4 Å². The summed E-state index contributed by atoms with van der Waals surface area (Å²) in [6, 6.07) is 6.26. The Kier molecular flexibility index (Phi) is 5.77. The normalized spacial score (nSPS) is 12.3. The molecule has 1 aromatic rings. The standard InChI is InChI=1S/C16H24N2O/c1-6-9-17-16(19)14(4)18(5)11-15-8-7-12(2)10-13(15)3/h6-8,10,14H,1,9,11H2,2-5H3,(H,17,19)/t14-/m1/s1. The summed E-state index contributed by atoms with van der Waals surface area (Å²) in [4.78, 5) is 13.9. The molecular formula is C16H24N2O. The van der Waals surface area contributed by atoms with Gasteiger partial charge in [0.25, 0.3) is 0 Å². The first-order valence-corrected chi connectivity index (χ1v) is 6.60. The Labute approximate surface area is 116 Å². The first kappa shape index (κ1) is 15.4. The van der Waals surface area contributed by atoms with Gasteiger partial charge in [-0.2, -0.15) is 0 Å². The van der Waals surface area contributed by atoms with Crippen LogP contribution in [0.3, 0.4) is 0 Å². The quantitative estimate of drug-likeness (QED) is 0.797. The highest BCUT2D eigenvalue weighted by molar-refractivity contribution is 5.81. The van der Waals surface area contributed by atoms with Gasteiger partial charge in [-0.15, -0.1) is 6.58 Å². The minimum Gasteiger partial charge on any atom is -0.351 e. The topological polar surface area (TPSA) is 32.3 Å². The fraction of sp³-hybridized carbons (Fsp3) is 0.438. The van der Waals surface area contributed by atoms with E-state index in [1.807, 2.05) is 14.0 Å². The summed E-state index contributed by atoms with van der Waals surface area (Å²) < 4.78 is 0. The molecule has 0 aliphatic heterocycles. The Morgan fingerprint density at radius 2 is 2.16 bits per heavy atom. The van der Waals surface area contributed by atoms with Gasteiger partial charge in [0, 0.05) is 13.1 Å². The lowest BCUT2D eigenvalue weighted by Crippen LogP contribution is -2.43. The number of nitrogens with zero attached hydrogens (tertiary/aromatic N) is 1. The molecule has 0 aliphatic rings. The van der Waals surface area contributed by atoms with E-state index in [0.717, 1.165) is 6.54 Å². The monoisotopic (exact) mass is 260 g/mol. The molecule has 0 heterocycles. The van der Waals surface area contributed by atoms with Gasteiger partial charge >= 0.3 is 0 Å². The Morgan fingerprint density at radius 3 is 2.74 bits per heavy atom. The van der Waals surface area contributed by atoms with Crippen LogP contribution in [0.1, 0.15) is 23.6 Å². The zero-order valence-electron chi connectivity index (χ0n) is 12.4. The van der Waals surface area contributed by atoms with E-state index in [-0.39, 0.29) is 11.9 Å². The number of nitrogens with one attached hydrogen (secondary N) is 1. The van der Waals surface area contributed by atoms with Crippen molar-refractivity contribution >= 4 is 5.91 Å². The molecule has 0 aromatic heterocycles. The summed E-state index contributed by atoms with van der Waals surface area (Å²) in [7, 11) is 1.97. The average molecular weight is 260 g/mol. The maximum Gasteiger partial charge on any atom is 0.237 e. The minimum atomic E-state index is -0.152. The van der Waals surface area contributed by atoms with E-state index in [0.29, 0.717) is 6.54 Å². The Hall–Kier alpha value is -1.61. The first-order chi connectivity index (χ1) is 8.95. The summed E-state index contributed by atoms with van der Waals surface area (Å²) in [5.74, 6) is 0.0344. The van der Waals surface area contributed by atoms with Gasteiger partial charge in [-0.25, -0.2) is 0 Å². The summed E-state index contributed by atoms with van der Waals surface area (Å²) in [6.45, 7) is 11.0. The fourth-order valence-corrected chi connectivity index (χ4v) is 1.95. The zero-order valence-corrected chi connectivity index (χ0v) is 12.4. The highest BCUT2D eigenvalue weighted by atomic mass is 16.2. The lowest BCUT2D eigenvalue weighted by molar-refractivity contribution is -0.125. The first-order valence-electron chi connectivity index (χ1n) is 6.60. The van der Waals surface area contributed by atoms with Crippen molar-refractivity contribution in [1.82, 2.24) is 10.2 Å². The maximum absolute atomic E-state index is 11.9. The van der Waals surface area contributed by atoms with E-state index < -0.39 is 0 Å². The second-order valence-electron chi connectivity index (χ2n) is 5.05. The predicted molar refractivity (Wildman–Crippen MR) is 80.1 cm³/mol. The van der Waals surface area contributed by atoms with Crippen molar-refractivity contribution in [3.05, 3.63) is 47.5 Å². The van der Waals surface area contributed by atoms with Gasteiger partial charge in [0.15, 0.2) is 0 Å². The van der Waals surface area contributed by atoms with E-state index in [9.17, 15) is 4.79 Å². The molecule has 0 spiro atoms. The molecule has 104 valence electrons. The van der Waals surface area contributed by atoms with Crippen LogP contribution in [0.5, 0.6) is 0 Å². The van der Waals surface area contributed by atoms with Crippen molar-refractivity contribution in [1.29, 1.82) is 0 Å². The van der Waals surface area contributed by atoms with Crippen molar-refractivity contribution in [2.24, 2.45) is 0 Å². The molecule has 0 fully saturated rings.